The topological polar surface area (TPSA) is 46.5 Å². The van der Waals surface area contributed by atoms with Crippen LogP contribution in [-0.2, 0) is 11.2 Å². The lowest BCUT2D eigenvalue weighted by Gasteiger charge is -2.14. The molecular weight excluding hydrogens is 408 g/mol. The van der Waals surface area contributed by atoms with E-state index >= 15 is 0 Å². The predicted octanol–water partition coefficient (Wildman–Crippen LogP) is 7.04. The molecule has 0 heterocycles. The predicted molar refractivity (Wildman–Crippen MR) is 126 cm³/mol. The Hall–Kier alpha value is -3.04. The highest BCUT2D eigenvalue weighted by Gasteiger charge is 2.17. The van der Waals surface area contributed by atoms with Crippen LogP contribution in [0, 0.1) is 0 Å². The van der Waals surface area contributed by atoms with Crippen molar-refractivity contribution in [3.05, 3.63) is 94.5 Å². The summed E-state index contributed by atoms with van der Waals surface area (Å²) in [7, 11) is 0. The van der Waals surface area contributed by atoms with Gasteiger partial charge in [0.05, 0.1) is 0 Å². The van der Waals surface area contributed by atoms with Gasteiger partial charge in [-0.05, 0) is 83.3 Å². The van der Waals surface area contributed by atoms with E-state index in [1.54, 1.807) is 0 Å². The highest BCUT2D eigenvalue weighted by molar-refractivity contribution is 6.30. The number of halogens is 1. The molecule has 0 amide bonds. The van der Waals surface area contributed by atoms with E-state index in [-0.39, 0.29) is 6.42 Å². The zero-order valence-corrected chi connectivity index (χ0v) is 18.1. The van der Waals surface area contributed by atoms with E-state index in [1.165, 1.54) is 16.7 Å². The molecule has 31 heavy (non-hydrogen) atoms. The summed E-state index contributed by atoms with van der Waals surface area (Å²) < 4.78 is 6.21. The van der Waals surface area contributed by atoms with Crippen LogP contribution >= 0.6 is 11.6 Å². The molecule has 1 aliphatic carbocycles. The fourth-order valence-corrected chi connectivity index (χ4v) is 4.25. The number of allylic oxidation sites excluding steroid dienone is 1. The first-order valence-electron chi connectivity index (χ1n) is 10.6. The molecule has 3 nitrogen and oxygen atoms in total. The molecule has 0 spiro atoms. The monoisotopic (exact) mass is 432 g/mol. The van der Waals surface area contributed by atoms with E-state index in [4.69, 9.17) is 21.4 Å². The molecule has 1 N–H and O–H groups in total. The lowest BCUT2D eigenvalue weighted by Crippen LogP contribution is -2.03. The van der Waals surface area contributed by atoms with Crippen LogP contribution in [0.4, 0.5) is 0 Å². The summed E-state index contributed by atoms with van der Waals surface area (Å²) in [4.78, 5) is 11.1. The number of aryl methyl sites for hydroxylation is 1. The molecule has 0 fully saturated rings. The number of ether oxygens (including phenoxy) is 1. The van der Waals surface area contributed by atoms with Crippen LogP contribution in [0.1, 0.15) is 36.8 Å². The third-order valence-corrected chi connectivity index (χ3v) is 5.96. The van der Waals surface area contributed by atoms with Gasteiger partial charge < -0.3 is 9.84 Å². The van der Waals surface area contributed by atoms with Crippen LogP contribution in [0.25, 0.3) is 16.7 Å². The molecule has 4 heteroatoms. The lowest BCUT2D eigenvalue weighted by atomic mass is 9.96. The average molecular weight is 433 g/mol. The molecule has 0 saturated heterocycles. The van der Waals surface area contributed by atoms with Gasteiger partial charge in [0.2, 0.25) is 0 Å². The molecule has 0 aromatic heterocycles. The minimum Gasteiger partial charge on any atom is -0.489 e. The molecule has 158 valence electrons. The minimum atomic E-state index is -0.790. The number of carboxylic acids is 1. The van der Waals surface area contributed by atoms with Gasteiger partial charge in [-0.1, -0.05) is 60.1 Å². The van der Waals surface area contributed by atoms with Crippen LogP contribution < -0.4 is 4.74 Å². The Kier molecular flexibility index (Phi) is 6.73. The van der Waals surface area contributed by atoms with Gasteiger partial charge in [0.15, 0.2) is 0 Å². The number of carbonyl (C=O) groups is 1. The van der Waals surface area contributed by atoms with Crippen molar-refractivity contribution in [2.45, 2.75) is 32.1 Å². The summed E-state index contributed by atoms with van der Waals surface area (Å²) in [6, 6.07) is 24.0. The van der Waals surface area contributed by atoms with E-state index in [2.05, 4.69) is 12.1 Å². The number of hydrogen-bond acceptors (Lipinski definition) is 2. The Morgan fingerprint density at radius 1 is 0.935 bits per heavy atom. The molecule has 0 bridgehead atoms. The summed E-state index contributed by atoms with van der Waals surface area (Å²) in [6.07, 6.45) is 3.84. The first-order chi connectivity index (χ1) is 15.1. The van der Waals surface area contributed by atoms with Gasteiger partial charge in [-0.2, -0.15) is 0 Å². The van der Waals surface area contributed by atoms with E-state index in [0.29, 0.717) is 13.0 Å². The highest BCUT2D eigenvalue weighted by Crippen LogP contribution is 2.35. The van der Waals surface area contributed by atoms with Gasteiger partial charge in [0.1, 0.15) is 12.4 Å². The second kappa shape index (κ2) is 9.84. The summed E-state index contributed by atoms with van der Waals surface area (Å²) in [5.74, 6) is 0.00928. The molecule has 4 rings (SSSR count). The second-order valence-corrected chi connectivity index (χ2v) is 8.25. The van der Waals surface area contributed by atoms with Crippen molar-refractivity contribution in [2.24, 2.45) is 0 Å². The number of benzene rings is 3. The fraction of sp³-hybridized carbons (Fsp3) is 0.222. The Balaban J connectivity index is 1.56. The Labute approximate surface area is 188 Å². The van der Waals surface area contributed by atoms with Crippen LogP contribution in [0.15, 0.2) is 78.4 Å². The molecule has 0 radical (unpaired) electrons. The summed E-state index contributed by atoms with van der Waals surface area (Å²) in [5, 5.41) is 9.84. The Bertz CT molecular complexity index is 1090. The summed E-state index contributed by atoms with van der Waals surface area (Å²) in [6.45, 7) is 0.556. The van der Waals surface area contributed by atoms with Crippen LogP contribution in [0.3, 0.4) is 0 Å². The smallest absolute Gasteiger partial charge is 0.303 e. The van der Waals surface area contributed by atoms with Crippen molar-refractivity contribution in [2.75, 3.05) is 6.61 Å². The standard InChI is InChI=1S/C27H25ClO3/c28-23-13-9-20(10-14-23)25-8-4-7-22(25)18-31-24-15-11-21(12-16-27(29)30)26(17-24)19-5-2-1-3-6-19/h1-3,5-6,9-11,13-15,17H,4,7-8,12,16,18H2,(H,29,30). The molecule has 0 unspecified atom stereocenters. The van der Waals surface area contributed by atoms with Gasteiger partial charge in [0, 0.05) is 11.4 Å². The molecule has 3 aromatic carbocycles. The van der Waals surface area contributed by atoms with Crippen molar-refractivity contribution >= 4 is 23.1 Å². The molecule has 1 aliphatic rings. The first-order valence-corrected chi connectivity index (χ1v) is 11.0. The third kappa shape index (κ3) is 5.36. The number of rotatable bonds is 8. The van der Waals surface area contributed by atoms with Crippen LogP contribution in [0.5, 0.6) is 5.75 Å². The summed E-state index contributed by atoms with van der Waals surface area (Å²) >= 11 is 6.04. The SMILES string of the molecule is O=C(O)CCc1ccc(OCC2=C(c3ccc(Cl)cc3)CCC2)cc1-c1ccccc1. The van der Waals surface area contributed by atoms with E-state index < -0.39 is 5.97 Å². The molecule has 0 saturated carbocycles. The van der Waals surface area contributed by atoms with Crippen LogP contribution in [-0.4, -0.2) is 17.7 Å². The van der Waals surface area contributed by atoms with E-state index in [0.717, 1.165) is 46.7 Å². The minimum absolute atomic E-state index is 0.109. The quantitative estimate of drug-likeness (QED) is 0.415. The van der Waals surface area contributed by atoms with Crippen molar-refractivity contribution < 1.29 is 14.6 Å². The average Bonchev–Trinajstić information content (AvgIpc) is 3.26. The molecule has 0 atom stereocenters. The number of hydrogen-bond donors (Lipinski definition) is 1. The molecule has 3 aromatic rings. The van der Waals surface area contributed by atoms with Crippen molar-refractivity contribution in [3.8, 4) is 16.9 Å². The molecule has 0 aliphatic heterocycles. The maximum absolute atomic E-state index is 11.1. The number of carboxylic acid groups (broad SMARTS) is 1. The summed E-state index contributed by atoms with van der Waals surface area (Å²) in [5.41, 5.74) is 7.02. The van der Waals surface area contributed by atoms with Crippen molar-refractivity contribution in [3.63, 3.8) is 0 Å². The van der Waals surface area contributed by atoms with E-state index in [1.807, 2.05) is 60.7 Å². The molecular formula is C27H25ClO3. The second-order valence-electron chi connectivity index (χ2n) is 7.81. The van der Waals surface area contributed by atoms with Gasteiger partial charge in [0.25, 0.3) is 0 Å². The lowest BCUT2D eigenvalue weighted by molar-refractivity contribution is -0.136. The third-order valence-electron chi connectivity index (χ3n) is 5.71. The maximum atomic E-state index is 11.1. The first kappa shape index (κ1) is 21.2. The normalized spacial score (nSPS) is 13.5. The van der Waals surface area contributed by atoms with E-state index in [9.17, 15) is 4.79 Å². The van der Waals surface area contributed by atoms with Crippen molar-refractivity contribution in [1.29, 1.82) is 0 Å². The zero-order valence-electron chi connectivity index (χ0n) is 17.3. The van der Waals surface area contributed by atoms with Gasteiger partial charge >= 0.3 is 5.97 Å². The highest BCUT2D eigenvalue weighted by atomic mass is 35.5. The van der Waals surface area contributed by atoms with Crippen molar-refractivity contribution in [1.82, 2.24) is 0 Å². The van der Waals surface area contributed by atoms with Crippen LogP contribution in [0.2, 0.25) is 5.02 Å². The Morgan fingerprint density at radius 2 is 1.71 bits per heavy atom. The maximum Gasteiger partial charge on any atom is 0.303 e. The van der Waals surface area contributed by atoms with Gasteiger partial charge in [-0.15, -0.1) is 0 Å². The zero-order chi connectivity index (χ0) is 21.6. The Morgan fingerprint density at radius 3 is 2.45 bits per heavy atom. The number of aliphatic carboxylic acids is 1. The van der Waals surface area contributed by atoms with Gasteiger partial charge in [-0.25, -0.2) is 0 Å². The largest absolute Gasteiger partial charge is 0.489 e. The van der Waals surface area contributed by atoms with Gasteiger partial charge in [-0.3, -0.25) is 4.79 Å². The fourth-order valence-electron chi connectivity index (χ4n) is 4.13.